The molecule has 1 N–H and O–H groups in total. The first-order valence-electron chi connectivity index (χ1n) is 6.73. The Bertz CT molecular complexity index is 509. The van der Waals surface area contributed by atoms with Gasteiger partial charge in [0.15, 0.2) is 0 Å². The Morgan fingerprint density at radius 1 is 1.05 bits per heavy atom. The fourth-order valence-corrected chi connectivity index (χ4v) is 1.74. The summed E-state index contributed by atoms with van der Waals surface area (Å²) >= 11 is 0. The number of hydrogen-bond acceptors (Lipinski definition) is 4. The Morgan fingerprint density at radius 3 is 2.40 bits per heavy atom. The van der Waals surface area contributed by atoms with Crippen LogP contribution < -0.4 is 14.8 Å². The zero-order valence-electron chi connectivity index (χ0n) is 11.9. The molecule has 4 nitrogen and oxygen atoms in total. The van der Waals surface area contributed by atoms with Gasteiger partial charge in [-0.3, -0.25) is 4.98 Å². The minimum Gasteiger partial charge on any atom is -0.497 e. The minimum atomic E-state index is 0.466. The fourth-order valence-electron chi connectivity index (χ4n) is 1.74. The summed E-state index contributed by atoms with van der Waals surface area (Å²) in [6, 6.07) is 11.6. The summed E-state index contributed by atoms with van der Waals surface area (Å²) in [5.74, 6) is 1.63. The topological polar surface area (TPSA) is 43.4 Å². The molecule has 0 aliphatic heterocycles. The summed E-state index contributed by atoms with van der Waals surface area (Å²) in [6.07, 6.45) is 1.88. The van der Waals surface area contributed by atoms with E-state index in [0.717, 1.165) is 30.3 Å². The van der Waals surface area contributed by atoms with E-state index in [1.165, 1.54) is 5.56 Å². The van der Waals surface area contributed by atoms with Crippen molar-refractivity contribution in [3.8, 4) is 11.5 Å². The molecular weight excluding hydrogens is 252 g/mol. The van der Waals surface area contributed by atoms with Crippen LogP contribution in [0.1, 0.15) is 18.2 Å². The highest BCUT2D eigenvalue weighted by Crippen LogP contribution is 2.17. The molecule has 0 amide bonds. The first kappa shape index (κ1) is 14.3. The second kappa shape index (κ2) is 7.50. The van der Waals surface area contributed by atoms with Gasteiger partial charge in [0.25, 0.3) is 0 Å². The molecule has 0 radical (unpaired) electrons. The van der Waals surface area contributed by atoms with Gasteiger partial charge in [-0.05, 0) is 42.4 Å². The lowest BCUT2D eigenvalue weighted by Crippen LogP contribution is -2.12. The second-order valence-corrected chi connectivity index (χ2v) is 4.40. The van der Waals surface area contributed by atoms with Gasteiger partial charge < -0.3 is 14.8 Å². The standard InChI is InChI=1S/C16H20N2O2/c1-3-17-10-13-4-5-14(18-11-13)12-20-16-8-6-15(19-2)7-9-16/h4-9,11,17H,3,10,12H2,1-2H3. The predicted molar refractivity (Wildman–Crippen MR) is 78.9 cm³/mol. The Morgan fingerprint density at radius 2 is 1.80 bits per heavy atom. The minimum absolute atomic E-state index is 0.466. The maximum atomic E-state index is 5.68. The Balaban J connectivity index is 1.86. The normalized spacial score (nSPS) is 10.3. The van der Waals surface area contributed by atoms with Crippen molar-refractivity contribution in [2.45, 2.75) is 20.1 Å². The molecule has 2 aromatic rings. The molecule has 0 atom stereocenters. The molecule has 0 saturated heterocycles. The highest BCUT2D eigenvalue weighted by Gasteiger charge is 1.99. The molecule has 2 rings (SSSR count). The predicted octanol–water partition coefficient (Wildman–Crippen LogP) is 2.78. The van der Waals surface area contributed by atoms with E-state index in [1.54, 1.807) is 7.11 Å². The van der Waals surface area contributed by atoms with Crippen molar-refractivity contribution in [1.29, 1.82) is 0 Å². The summed E-state index contributed by atoms with van der Waals surface area (Å²) in [7, 11) is 1.65. The van der Waals surface area contributed by atoms with E-state index >= 15 is 0 Å². The van der Waals surface area contributed by atoms with Gasteiger partial charge in [-0.15, -0.1) is 0 Å². The van der Waals surface area contributed by atoms with Crippen LogP contribution in [-0.4, -0.2) is 18.6 Å². The van der Waals surface area contributed by atoms with Crippen LogP contribution >= 0.6 is 0 Å². The summed E-state index contributed by atoms with van der Waals surface area (Å²) in [5.41, 5.74) is 2.10. The van der Waals surface area contributed by atoms with Crippen molar-refractivity contribution in [1.82, 2.24) is 10.3 Å². The van der Waals surface area contributed by atoms with Gasteiger partial charge in [0.1, 0.15) is 18.1 Å². The molecule has 20 heavy (non-hydrogen) atoms. The third-order valence-corrected chi connectivity index (χ3v) is 2.91. The van der Waals surface area contributed by atoms with Gasteiger partial charge in [0.05, 0.1) is 12.8 Å². The number of ether oxygens (including phenoxy) is 2. The van der Waals surface area contributed by atoms with E-state index < -0.39 is 0 Å². The van der Waals surface area contributed by atoms with Crippen molar-refractivity contribution >= 4 is 0 Å². The molecule has 106 valence electrons. The van der Waals surface area contributed by atoms with Gasteiger partial charge in [-0.1, -0.05) is 13.0 Å². The van der Waals surface area contributed by atoms with Crippen LogP contribution in [0, 0.1) is 0 Å². The first-order chi connectivity index (χ1) is 9.81. The number of nitrogens with one attached hydrogen (secondary N) is 1. The number of nitrogens with zero attached hydrogens (tertiary/aromatic N) is 1. The maximum Gasteiger partial charge on any atom is 0.130 e. The number of methoxy groups -OCH3 is 1. The number of hydrogen-bond donors (Lipinski definition) is 1. The molecule has 1 aromatic carbocycles. The molecule has 0 unspecified atom stereocenters. The SMILES string of the molecule is CCNCc1ccc(COc2ccc(OC)cc2)nc1. The molecule has 0 bridgehead atoms. The summed E-state index contributed by atoms with van der Waals surface area (Å²) in [6.45, 7) is 4.36. The van der Waals surface area contributed by atoms with Crippen molar-refractivity contribution in [3.63, 3.8) is 0 Å². The van der Waals surface area contributed by atoms with E-state index in [1.807, 2.05) is 36.5 Å². The van der Waals surface area contributed by atoms with Gasteiger partial charge in [-0.25, -0.2) is 0 Å². The van der Waals surface area contributed by atoms with Gasteiger partial charge in [0, 0.05) is 12.7 Å². The summed E-state index contributed by atoms with van der Waals surface area (Å²) in [4.78, 5) is 4.39. The zero-order valence-corrected chi connectivity index (χ0v) is 11.9. The number of rotatable bonds is 7. The molecule has 0 aliphatic carbocycles. The third-order valence-electron chi connectivity index (χ3n) is 2.91. The lowest BCUT2D eigenvalue weighted by Gasteiger charge is -2.07. The monoisotopic (exact) mass is 272 g/mol. The van der Waals surface area contributed by atoms with E-state index in [2.05, 4.69) is 23.3 Å². The first-order valence-corrected chi connectivity index (χ1v) is 6.73. The molecule has 0 aliphatic rings. The van der Waals surface area contributed by atoms with Gasteiger partial charge in [-0.2, -0.15) is 0 Å². The van der Waals surface area contributed by atoms with Crippen LogP contribution in [0.4, 0.5) is 0 Å². The van der Waals surface area contributed by atoms with Crippen LogP contribution in [-0.2, 0) is 13.2 Å². The van der Waals surface area contributed by atoms with Crippen LogP contribution in [0.15, 0.2) is 42.6 Å². The quantitative estimate of drug-likeness (QED) is 0.841. The van der Waals surface area contributed by atoms with Crippen molar-refractivity contribution in [2.24, 2.45) is 0 Å². The zero-order chi connectivity index (χ0) is 14.2. The number of benzene rings is 1. The summed E-state index contributed by atoms with van der Waals surface area (Å²) < 4.78 is 10.8. The van der Waals surface area contributed by atoms with Gasteiger partial charge in [0.2, 0.25) is 0 Å². The Hall–Kier alpha value is -2.07. The largest absolute Gasteiger partial charge is 0.497 e. The van der Waals surface area contributed by atoms with Crippen LogP contribution in [0.2, 0.25) is 0 Å². The van der Waals surface area contributed by atoms with Crippen LogP contribution in [0.3, 0.4) is 0 Å². The third kappa shape index (κ3) is 4.24. The molecule has 0 spiro atoms. The highest BCUT2D eigenvalue weighted by molar-refractivity contribution is 5.31. The fraction of sp³-hybridized carbons (Fsp3) is 0.312. The van der Waals surface area contributed by atoms with Crippen molar-refractivity contribution in [2.75, 3.05) is 13.7 Å². The van der Waals surface area contributed by atoms with Crippen LogP contribution in [0.5, 0.6) is 11.5 Å². The van der Waals surface area contributed by atoms with E-state index in [-0.39, 0.29) is 0 Å². The van der Waals surface area contributed by atoms with E-state index in [4.69, 9.17) is 9.47 Å². The Kier molecular flexibility index (Phi) is 5.38. The van der Waals surface area contributed by atoms with Crippen molar-refractivity contribution < 1.29 is 9.47 Å². The number of aromatic nitrogens is 1. The lowest BCUT2D eigenvalue weighted by atomic mass is 10.2. The smallest absolute Gasteiger partial charge is 0.130 e. The van der Waals surface area contributed by atoms with Crippen molar-refractivity contribution in [3.05, 3.63) is 53.9 Å². The molecular formula is C16H20N2O2. The van der Waals surface area contributed by atoms with Gasteiger partial charge >= 0.3 is 0 Å². The molecule has 4 heteroatoms. The molecule has 1 aromatic heterocycles. The van der Waals surface area contributed by atoms with Crippen LogP contribution in [0.25, 0.3) is 0 Å². The maximum absolute atomic E-state index is 5.68. The second-order valence-electron chi connectivity index (χ2n) is 4.40. The molecule has 1 heterocycles. The molecule has 0 fully saturated rings. The molecule has 0 saturated carbocycles. The average Bonchev–Trinajstić information content (AvgIpc) is 2.52. The average molecular weight is 272 g/mol. The highest BCUT2D eigenvalue weighted by atomic mass is 16.5. The van der Waals surface area contributed by atoms with E-state index in [9.17, 15) is 0 Å². The summed E-state index contributed by atoms with van der Waals surface area (Å²) in [5, 5.41) is 3.27. The Labute approximate surface area is 119 Å². The lowest BCUT2D eigenvalue weighted by molar-refractivity contribution is 0.300. The van der Waals surface area contributed by atoms with E-state index in [0.29, 0.717) is 6.61 Å². The number of pyridine rings is 1.